The van der Waals surface area contributed by atoms with Crippen LogP contribution in [0.3, 0.4) is 0 Å². The van der Waals surface area contributed by atoms with E-state index in [9.17, 15) is 9.59 Å². The van der Waals surface area contributed by atoms with Crippen molar-refractivity contribution in [2.75, 3.05) is 5.75 Å². The molecule has 0 aliphatic rings. The number of rotatable bonds is 11. The zero-order valence-corrected chi connectivity index (χ0v) is 22.7. The van der Waals surface area contributed by atoms with Crippen LogP contribution in [0.1, 0.15) is 44.7 Å². The van der Waals surface area contributed by atoms with Crippen LogP contribution in [-0.4, -0.2) is 34.6 Å². The minimum absolute atomic E-state index is 0.0231. The Hall–Kier alpha value is -1.11. The molecule has 2 rings (SSSR count). The van der Waals surface area contributed by atoms with E-state index in [1.165, 1.54) is 11.8 Å². The molecule has 0 heterocycles. The van der Waals surface area contributed by atoms with Crippen LogP contribution in [-0.2, 0) is 21.9 Å². The lowest BCUT2D eigenvalue weighted by Crippen LogP contribution is -2.51. The molecule has 0 aromatic heterocycles. The first kappa shape index (κ1) is 28.1. The first-order valence-corrected chi connectivity index (χ1v) is 13.4. The third-order valence-corrected chi connectivity index (χ3v) is 7.51. The summed E-state index contributed by atoms with van der Waals surface area (Å²) in [4.78, 5) is 27.9. The lowest BCUT2D eigenvalue weighted by atomic mass is 10.1. The van der Waals surface area contributed by atoms with E-state index >= 15 is 0 Å². The molecule has 1 N–H and O–H groups in total. The average Bonchev–Trinajstić information content (AvgIpc) is 2.77. The predicted octanol–water partition coefficient (Wildman–Crippen LogP) is 7.26. The normalized spacial score (nSPS) is 12.8. The van der Waals surface area contributed by atoms with Gasteiger partial charge in [-0.25, -0.2) is 0 Å². The Bertz CT molecular complexity index is 973. The Balaban J connectivity index is 2.18. The summed E-state index contributed by atoms with van der Waals surface area (Å²) in [7, 11) is 0. The molecule has 0 radical (unpaired) electrons. The number of carbonyl (C=O) groups is 2. The molecule has 0 fully saturated rings. The van der Waals surface area contributed by atoms with Gasteiger partial charge in [-0.15, -0.1) is 11.8 Å². The van der Waals surface area contributed by atoms with Crippen molar-refractivity contribution in [3.05, 3.63) is 67.6 Å². The molecule has 2 amide bonds. The minimum atomic E-state index is -0.597. The van der Waals surface area contributed by atoms with Gasteiger partial charge in [0.05, 0.1) is 15.8 Å². The van der Waals surface area contributed by atoms with Crippen LogP contribution in [0.4, 0.5) is 0 Å². The predicted molar refractivity (Wildman–Crippen MR) is 142 cm³/mol. The van der Waals surface area contributed by atoms with Crippen LogP contribution in [0.2, 0.25) is 20.1 Å². The van der Waals surface area contributed by atoms with Gasteiger partial charge in [0.25, 0.3) is 0 Å². The van der Waals surface area contributed by atoms with Gasteiger partial charge < -0.3 is 10.2 Å². The number of hydrogen-bond acceptors (Lipinski definition) is 3. The molecule has 2 aromatic rings. The average molecular weight is 550 g/mol. The number of thioether (sulfide) groups is 1. The van der Waals surface area contributed by atoms with E-state index in [2.05, 4.69) is 5.32 Å². The van der Waals surface area contributed by atoms with Gasteiger partial charge in [-0.3, -0.25) is 9.59 Å². The second kappa shape index (κ2) is 13.7. The SMILES string of the molecule is CC[C@H](C)NC(=O)[C@H](CC)N(Cc1ccc(Cl)c(Cl)c1)C(=O)CSCc1ccc(Cl)cc1Cl. The first-order valence-electron chi connectivity index (χ1n) is 10.7. The standard InChI is InChI=1S/C24H28Cl4N2O2S/c1-4-15(3)29-24(32)22(5-2)30(12-16-6-9-19(26)21(28)10-16)23(31)14-33-13-17-7-8-18(25)11-20(17)27/h6-11,15,22H,4-5,12-14H2,1-3H3,(H,29,32)/t15-,22-/m0/s1. The summed E-state index contributed by atoms with van der Waals surface area (Å²) >= 11 is 25.9. The lowest BCUT2D eigenvalue weighted by molar-refractivity contribution is -0.139. The highest BCUT2D eigenvalue weighted by Crippen LogP contribution is 2.26. The molecule has 0 spiro atoms. The minimum Gasteiger partial charge on any atom is -0.352 e. The molecule has 0 aliphatic heterocycles. The van der Waals surface area contributed by atoms with Crippen molar-refractivity contribution < 1.29 is 9.59 Å². The smallest absolute Gasteiger partial charge is 0.243 e. The number of nitrogens with zero attached hydrogens (tertiary/aromatic N) is 1. The number of nitrogens with one attached hydrogen (secondary N) is 1. The third kappa shape index (κ3) is 8.56. The number of halogens is 4. The quantitative estimate of drug-likeness (QED) is 0.321. The largest absolute Gasteiger partial charge is 0.352 e. The van der Waals surface area contributed by atoms with Gasteiger partial charge in [0, 0.05) is 28.4 Å². The van der Waals surface area contributed by atoms with E-state index in [0.717, 1.165) is 17.5 Å². The van der Waals surface area contributed by atoms with Gasteiger partial charge in [0.15, 0.2) is 0 Å². The number of amides is 2. The molecular formula is C24H28Cl4N2O2S. The van der Waals surface area contributed by atoms with Crippen molar-refractivity contribution >= 4 is 70.0 Å². The molecule has 2 aromatic carbocycles. The third-order valence-electron chi connectivity index (χ3n) is 5.22. The molecular weight excluding hydrogens is 522 g/mol. The monoisotopic (exact) mass is 548 g/mol. The summed E-state index contributed by atoms with van der Waals surface area (Å²) in [6.45, 7) is 6.10. The Morgan fingerprint density at radius 2 is 1.70 bits per heavy atom. The van der Waals surface area contributed by atoms with Crippen LogP contribution in [0.5, 0.6) is 0 Å². The Kier molecular flexibility index (Phi) is 11.7. The molecule has 4 nitrogen and oxygen atoms in total. The maximum atomic E-state index is 13.3. The Labute approximate surface area is 220 Å². The van der Waals surface area contributed by atoms with Crippen LogP contribution in [0.15, 0.2) is 36.4 Å². The fourth-order valence-corrected chi connectivity index (χ4v) is 4.95. The topological polar surface area (TPSA) is 49.4 Å². The summed E-state index contributed by atoms with van der Waals surface area (Å²) < 4.78 is 0. The maximum Gasteiger partial charge on any atom is 0.243 e. The highest BCUT2D eigenvalue weighted by atomic mass is 35.5. The lowest BCUT2D eigenvalue weighted by Gasteiger charge is -2.31. The number of benzene rings is 2. The van der Waals surface area contributed by atoms with Gasteiger partial charge in [-0.2, -0.15) is 0 Å². The van der Waals surface area contributed by atoms with Crippen molar-refractivity contribution in [3.63, 3.8) is 0 Å². The number of carbonyl (C=O) groups excluding carboxylic acids is 2. The van der Waals surface area contributed by atoms with E-state index in [1.54, 1.807) is 29.2 Å². The van der Waals surface area contributed by atoms with Crippen molar-refractivity contribution in [2.24, 2.45) is 0 Å². The van der Waals surface area contributed by atoms with Crippen LogP contribution >= 0.6 is 58.2 Å². The summed E-state index contributed by atoms with van der Waals surface area (Å²) in [6, 6.07) is 9.97. The maximum absolute atomic E-state index is 13.3. The molecule has 0 aliphatic carbocycles. The fraction of sp³-hybridized carbons (Fsp3) is 0.417. The van der Waals surface area contributed by atoms with E-state index in [1.807, 2.05) is 32.9 Å². The molecule has 0 saturated carbocycles. The zero-order chi connectivity index (χ0) is 24.5. The van der Waals surface area contributed by atoms with Crippen molar-refractivity contribution in [1.82, 2.24) is 10.2 Å². The van der Waals surface area contributed by atoms with Crippen molar-refractivity contribution in [3.8, 4) is 0 Å². The van der Waals surface area contributed by atoms with Crippen molar-refractivity contribution in [2.45, 2.75) is 58.0 Å². The Morgan fingerprint density at radius 3 is 2.30 bits per heavy atom. The molecule has 9 heteroatoms. The molecule has 0 saturated heterocycles. The van der Waals surface area contributed by atoms with E-state index in [4.69, 9.17) is 46.4 Å². The van der Waals surface area contributed by atoms with Crippen LogP contribution < -0.4 is 5.32 Å². The molecule has 0 unspecified atom stereocenters. The molecule has 0 bridgehead atoms. The first-order chi connectivity index (χ1) is 15.7. The second-order valence-corrected chi connectivity index (χ2v) is 10.4. The summed E-state index contributed by atoms with van der Waals surface area (Å²) in [5.41, 5.74) is 1.70. The number of hydrogen-bond donors (Lipinski definition) is 1. The van der Waals surface area contributed by atoms with Gasteiger partial charge in [0.1, 0.15) is 6.04 Å². The van der Waals surface area contributed by atoms with E-state index in [-0.39, 0.29) is 30.2 Å². The molecule has 2 atom stereocenters. The highest BCUT2D eigenvalue weighted by Gasteiger charge is 2.29. The van der Waals surface area contributed by atoms with Gasteiger partial charge in [0.2, 0.25) is 11.8 Å². The van der Waals surface area contributed by atoms with E-state index < -0.39 is 6.04 Å². The summed E-state index contributed by atoms with van der Waals surface area (Å²) in [5, 5.41) is 4.98. The molecule has 180 valence electrons. The Morgan fingerprint density at radius 1 is 0.970 bits per heavy atom. The van der Waals surface area contributed by atoms with Gasteiger partial charge in [-0.1, -0.05) is 72.4 Å². The fourth-order valence-electron chi connectivity index (χ4n) is 3.17. The summed E-state index contributed by atoms with van der Waals surface area (Å²) in [5.74, 6) is 0.458. The van der Waals surface area contributed by atoms with Crippen molar-refractivity contribution in [1.29, 1.82) is 0 Å². The van der Waals surface area contributed by atoms with Gasteiger partial charge >= 0.3 is 0 Å². The van der Waals surface area contributed by atoms with Gasteiger partial charge in [-0.05, 0) is 55.2 Å². The van der Waals surface area contributed by atoms with Crippen LogP contribution in [0, 0.1) is 0 Å². The van der Waals surface area contributed by atoms with E-state index in [0.29, 0.717) is 32.3 Å². The molecule has 33 heavy (non-hydrogen) atoms. The van der Waals surface area contributed by atoms with Crippen LogP contribution in [0.25, 0.3) is 0 Å². The summed E-state index contributed by atoms with van der Waals surface area (Å²) in [6.07, 6.45) is 1.30. The zero-order valence-electron chi connectivity index (χ0n) is 18.8. The highest BCUT2D eigenvalue weighted by molar-refractivity contribution is 7.99. The second-order valence-electron chi connectivity index (χ2n) is 7.74.